The average Bonchev–Trinajstić information content (AvgIpc) is 3.34. The number of carbonyl (C=O) groups excluding carboxylic acids is 1. The van der Waals surface area contributed by atoms with Crippen LogP contribution in [-0.4, -0.2) is 18.6 Å². The van der Waals surface area contributed by atoms with Gasteiger partial charge in [-0.1, -0.05) is 58.4 Å². The van der Waals surface area contributed by atoms with E-state index in [-0.39, 0.29) is 23.1 Å². The minimum absolute atomic E-state index is 0.0516. The van der Waals surface area contributed by atoms with Crippen LogP contribution < -0.4 is 5.32 Å². The molecule has 37 heavy (non-hydrogen) atoms. The Morgan fingerprint density at radius 3 is 2.19 bits per heavy atom. The second kappa shape index (κ2) is 12.6. The van der Waals surface area contributed by atoms with Gasteiger partial charge in [-0.3, -0.25) is 4.79 Å². The van der Waals surface area contributed by atoms with Crippen molar-refractivity contribution >= 4 is 29.0 Å². The lowest BCUT2D eigenvalue weighted by atomic mass is 9.85. The Morgan fingerprint density at radius 1 is 1.03 bits per heavy atom. The van der Waals surface area contributed by atoms with Crippen LogP contribution in [0.1, 0.15) is 77.0 Å². The summed E-state index contributed by atoms with van der Waals surface area (Å²) in [7, 11) is 0. The summed E-state index contributed by atoms with van der Waals surface area (Å²) in [6.45, 7) is 13.3. The molecule has 0 bridgehead atoms. The number of amides is 1. The van der Waals surface area contributed by atoms with Crippen LogP contribution in [0.3, 0.4) is 0 Å². The van der Waals surface area contributed by atoms with E-state index in [9.17, 15) is 4.79 Å². The number of carbonyl (C=O) groups is 1. The van der Waals surface area contributed by atoms with Gasteiger partial charge >= 0.3 is 0 Å². The first-order valence-electron chi connectivity index (χ1n) is 12.6. The predicted octanol–water partition coefficient (Wildman–Crippen LogP) is 9.08. The molecule has 2 aromatic carbocycles. The van der Waals surface area contributed by atoms with E-state index in [1.54, 1.807) is 0 Å². The highest BCUT2D eigenvalue weighted by molar-refractivity contribution is 7.99. The predicted molar refractivity (Wildman–Crippen MR) is 154 cm³/mol. The Kier molecular flexibility index (Phi) is 9.79. The lowest BCUT2D eigenvalue weighted by Gasteiger charge is -2.20. The molecule has 1 aromatic heterocycles. The highest BCUT2D eigenvalue weighted by Crippen LogP contribution is 2.43. The number of nitrogens with zero attached hydrogens (tertiary/aromatic N) is 2. The molecule has 0 spiro atoms. The van der Waals surface area contributed by atoms with Gasteiger partial charge in [0.05, 0.1) is 11.4 Å². The van der Waals surface area contributed by atoms with Gasteiger partial charge < -0.3 is 5.32 Å². The molecule has 0 radical (unpaired) electrons. The normalized spacial score (nSPS) is 13.1. The maximum Gasteiger partial charge on any atom is 0.261 e. The number of nitrogens with one attached hydrogen (secondary N) is 3. The highest BCUT2D eigenvalue weighted by Gasteiger charge is 2.20. The Hall–Kier alpha value is -2.84. The molecule has 0 aliphatic carbocycles. The number of thiophene rings is 1. The molecular weight excluding hydrogens is 498 g/mol. The summed E-state index contributed by atoms with van der Waals surface area (Å²) in [5.41, 5.74) is 20.6. The summed E-state index contributed by atoms with van der Waals surface area (Å²) in [6, 6.07) is 17.4. The third kappa shape index (κ3) is 7.36. The van der Waals surface area contributed by atoms with Crippen molar-refractivity contribution in [1.82, 2.24) is 5.32 Å². The summed E-state index contributed by atoms with van der Waals surface area (Å²) in [5.74, 6) is -0.220. The van der Waals surface area contributed by atoms with E-state index >= 15 is 0 Å². The van der Waals surface area contributed by atoms with Gasteiger partial charge in [0.1, 0.15) is 0 Å². The van der Waals surface area contributed by atoms with E-state index in [0.717, 1.165) is 12.8 Å². The van der Waals surface area contributed by atoms with Gasteiger partial charge in [0.25, 0.3) is 5.91 Å². The maximum absolute atomic E-state index is 12.6. The van der Waals surface area contributed by atoms with Crippen molar-refractivity contribution in [3.05, 3.63) is 75.0 Å². The van der Waals surface area contributed by atoms with Crippen LogP contribution in [0, 0.1) is 24.9 Å². The fourth-order valence-corrected chi connectivity index (χ4v) is 6.90. The molecule has 0 saturated carbocycles. The average molecular weight is 536 g/mol. The topological polar surface area (TPSA) is 102 Å². The van der Waals surface area contributed by atoms with Crippen LogP contribution in [-0.2, 0) is 5.41 Å². The molecule has 196 valence electrons. The largest absolute Gasteiger partial charge is 0.347 e. The smallest absolute Gasteiger partial charge is 0.261 e. The molecule has 3 aromatic rings. The standard InChI is InChI=1S/C29H37N5OS2/c1-7-8-23(24-13-14-25(37-24)28(35)32-17-26(33-30)34-31)36-22-15-18(2)27(19(3)16-22)20-9-11-21(12-10-20)29(4,5)6/h9-16,23,26,30-31H,7-8,17H2,1-6H3,(H,32,35). The quantitative estimate of drug-likeness (QED) is 0.168. The van der Waals surface area contributed by atoms with Crippen LogP contribution >= 0.6 is 23.1 Å². The third-order valence-electron chi connectivity index (χ3n) is 6.29. The van der Waals surface area contributed by atoms with Crippen LogP contribution in [0.25, 0.3) is 11.1 Å². The third-order valence-corrected chi connectivity index (χ3v) is 8.92. The summed E-state index contributed by atoms with van der Waals surface area (Å²) < 4.78 is 0. The fourth-order valence-electron chi connectivity index (χ4n) is 4.31. The summed E-state index contributed by atoms with van der Waals surface area (Å²) in [4.78, 5) is 15.6. The number of benzene rings is 2. The minimum atomic E-state index is -0.863. The molecule has 1 atom stereocenters. The molecule has 0 fully saturated rings. The molecule has 1 heterocycles. The number of rotatable bonds is 11. The van der Waals surface area contributed by atoms with Gasteiger partial charge in [-0.05, 0) is 77.8 Å². The van der Waals surface area contributed by atoms with E-state index in [2.05, 4.69) is 93.5 Å². The van der Waals surface area contributed by atoms with Crippen LogP contribution in [0.5, 0.6) is 0 Å². The number of aryl methyl sites for hydroxylation is 2. The zero-order chi connectivity index (χ0) is 27.2. The Morgan fingerprint density at radius 2 is 1.65 bits per heavy atom. The molecule has 8 heteroatoms. The van der Waals surface area contributed by atoms with Crippen molar-refractivity contribution in [3.8, 4) is 11.1 Å². The van der Waals surface area contributed by atoms with Crippen molar-refractivity contribution < 1.29 is 4.79 Å². The van der Waals surface area contributed by atoms with E-state index in [0.29, 0.717) is 4.88 Å². The van der Waals surface area contributed by atoms with Gasteiger partial charge in [0.2, 0.25) is 0 Å². The zero-order valence-corrected chi connectivity index (χ0v) is 24.1. The molecule has 1 amide bonds. The first-order valence-corrected chi connectivity index (χ1v) is 14.3. The van der Waals surface area contributed by atoms with Crippen molar-refractivity contribution in [1.29, 1.82) is 11.1 Å². The van der Waals surface area contributed by atoms with Crippen LogP contribution in [0.15, 0.2) is 63.7 Å². The minimum Gasteiger partial charge on any atom is -0.347 e. The van der Waals surface area contributed by atoms with E-state index in [1.165, 1.54) is 48.9 Å². The maximum atomic E-state index is 12.6. The van der Waals surface area contributed by atoms with Crippen molar-refractivity contribution in [2.24, 2.45) is 10.2 Å². The summed E-state index contributed by atoms with van der Waals surface area (Å²) in [5, 5.41) is 9.40. The first kappa shape index (κ1) is 28.7. The molecule has 1 unspecified atom stereocenters. The summed E-state index contributed by atoms with van der Waals surface area (Å²) >= 11 is 3.35. The van der Waals surface area contributed by atoms with E-state index < -0.39 is 6.17 Å². The molecule has 3 rings (SSSR count). The monoisotopic (exact) mass is 535 g/mol. The lowest BCUT2D eigenvalue weighted by molar-refractivity contribution is 0.0955. The SMILES string of the molecule is CCCC(Sc1cc(C)c(-c2ccc(C(C)(C)C)cc2)c(C)c1)c1ccc(C(=O)NCC(N=N)N=N)s1. The van der Waals surface area contributed by atoms with Crippen LogP contribution in [0.2, 0.25) is 0 Å². The zero-order valence-electron chi connectivity index (χ0n) is 22.5. The highest BCUT2D eigenvalue weighted by atomic mass is 32.2. The lowest BCUT2D eigenvalue weighted by Crippen LogP contribution is -2.29. The van der Waals surface area contributed by atoms with Crippen molar-refractivity contribution in [3.63, 3.8) is 0 Å². The van der Waals surface area contributed by atoms with Crippen molar-refractivity contribution in [2.45, 2.75) is 76.1 Å². The second-order valence-electron chi connectivity index (χ2n) is 10.3. The molecule has 6 nitrogen and oxygen atoms in total. The Balaban J connectivity index is 1.79. The number of thioether (sulfide) groups is 1. The first-order chi connectivity index (χ1) is 17.6. The van der Waals surface area contributed by atoms with Gasteiger partial charge in [-0.15, -0.1) is 23.1 Å². The van der Waals surface area contributed by atoms with E-state index in [4.69, 9.17) is 11.1 Å². The summed E-state index contributed by atoms with van der Waals surface area (Å²) in [6.07, 6.45) is 1.20. The molecule has 3 N–H and O–H groups in total. The molecule has 0 aliphatic heterocycles. The van der Waals surface area contributed by atoms with E-state index in [1.807, 2.05) is 23.9 Å². The molecular formula is C29H37N5OS2. The Labute approximate surface area is 228 Å². The second-order valence-corrected chi connectivity index (χ2v) is 12.7. The number of hydrogen-bond donors (Lipinski definition) is 3. The van der Waals surface area contributed by atoms with Gasteiger partial charge in [-0.2, -0.15) is 10.2 Å². The van der Waals surface area contributed by atoms with Crippen molar-refractivity contribution in [2.75, 3.05) is 6.54 Å². The molecule has 0 aliphatic rings. The van der Waals surface area contributed by atoms with Gasteiger partial charge in [-0.25, -0.2) is 11.1 Å². The van der Waals surface area contributed by atoms with Gasteiger partial charge in [0, 0.05) is 15.0 Å². The van der Waals surface area contributed by atoms with Gasteiger partial charge in [0.15, 0.2) is 6.17 Å². The van der Waals surface area contributed by atoms with Crippen LogP contribution in [0.4, 0.5) is 0 Å². The number of hydrogen-bond acceptors (Lipinski definition) is 7. The fraction of sp³-hybridized carbons (Fsp3) is 0.414. The Bertz CT molecular complexity index is 1210. The molecule has 0 saturated heterocycles.